The van der Waals surface area contributed by atoms with Gasteiger partial charge in [0.15, 0.2) is 5.13 Å². The molecule has 1 atom stereocenters. The maximum Gasteiger partial charge on any atom is 0.305 e. The molecular formula is C11H15N3O3S. The molecule has 2 heterocycles. The molecule has 1 aliphatic rings. The lowest BCUT2D eigenvalue weighted by molar-refractivity contribution is -0.136. The SMILES string of the molecule is O=C(O)CCNC(=O)C1CCCN1c1nccs1. The minimum absolute atomic E-state index is 0.0459. The quantitative estimate of drug-likeness (QED) is 0.822. The average Bonchev–Trinajstić information content (AvgIpc) is 2.99. The lowest BCUT2D eigenvalue weighted by atomic mass is 10.2. The number of carbonyl (C=O) groups excluding carboxylic acids is 1. The number of nitrogens with zero attached hydrogens (tertiary/aromatic N) is 2. The summed E-state index contributed by atoms with van der Waals surface area (Å²) in [4.78, 5) is 28.5. The zero-order valence-corrected chi connectivity index (χ0v) is 10.7. The number of hydrogen-bond acceptors (Lipinski definition) is 5. The monoisotopic (exact) mass is 269 g/mol. The molecule has 1 saturated heterocycles. The van der Waals surface area contributed by atoms with Crippen molar-refractivity contribution < 1.29 is 14.7 Å². The Morgan fingerprint density at radius 1 is 1.61 bits per heavy atom. The molecule has 2 rings (SSSR count). The highest BCUT2D eigenvalue weighted by molar-refractivity contribution is 7.13. The van der Waals surface area contributed by atoms with Crippen LogP contribution in [0, 0.1) is 0 Å². The Hall–Kier alpha value is -1.63. The maximum atomic E-state index is 12.0. The smallest absolute Gasteiger partial charge is 0.305 e. The number of thiazole rings is 1. The standard InChI is InChI=1S/C11H15N3O3S/c15-9(16)3-4-12-10(17)8-2-1-6-14(8)11-13-5-7-18-11/h5,7-8H,1-4,6H2,(H,12,17)(H,15,16). The van der Waals surface area contributed by atoms with Crippen LogP contribution in [-0.2, 0) is 9.59 Å². The minimum atomic E-state index is -0.904. The van der Waals surface area contributed by atoms with Gasteiger partial charge in [0, 0.05) is 24.7 Å². The van der Waals surface area contributed by atoms with Crippen LogP contribution in [0.3, 0.4) is 0 Å². The number of hydrogen-bond donors (Lipinski definition) is 2. The molecule has 1 amide bonds. The summed E-state index contributed by atoms with van der Waals surface area (Å²) in [5.41, 5.74) is 0. The number of amides is 1. The Morgan fingerprint density at radius 2 is 2.44 bits per heavy atom. The predicted octanol–water partition coefficient (Wildman–Crippen LogP) is 0.703. The maximum absolute atomic E-state index is 12.0. The molecule has 6 nitrogen and oxygen atoms in total. The van der Waals surface area contributed by atoms with Gasteiger partial charge in [0.25, 0.3) is 0 Å². The van der Waals surface area contributed by atoms with Crippen LogP contribution in [-0.4, -0.2) is 41.1 Å². The average molecular weight is 269 g/mol. The van der Waals surface area contributed by atoms with Crippen molar-refractivity contribution in [3.8, 4) is 0 Å². The molecule has 2 N–H and O–H groups in total. The van der Waals surface area contributed by atoms with Crippen LogP contribution < -0.4 is 10.2 Å². The second-order valence-corrected chi connectivity index (χ2v) is 4.97. The fraction of sp³-hybridized carbons (Fsp3) is 0.545. The minimum Gasteiger partial charge on any atom is -0.481 e. The summed E-state index contributed by atoms with van der Waals surface area (Å²) in [6.45, 7) is 1.00. The van der Waals surface area contributed by atoms with Crippen molar-refractivity contribution in [3.05, 3.63) is 11.6 Å². The third-order valence-electron chi connectivity index (χ3n) is 2.86. The Kier molecular flexibility index (Phi) is 4.14. The second-order valence-electron chi connectivity index (χ2n) is 4.10. The highest BCUT2D eigenvalue weighted by Crippen LogP contribution is 2.27. The van der Waals surface area contributed by atoms with Gasteiger partial charge in [0.05, 0.1) is 6.42 Å². The van der Waals surface area contributed by atoms with Gasteiger partial charge in [0.2, 0.25) is 5.91 Å². The lowest BCUT2D eigenvalue weighted by Gasteiger charge is -2.22. The van der Waals surface area contributed by atoms with Crippen LogP contribution >= 0.6 is 11.3 Å². The first-order chi connectivity index (χ1) is 8.68. The van der Waals surface area contributed by atoms with E-state index in [0.717, 1.165) is 24.5 Å². The van der Waals surface area contributed by atoms with Crippen LogP contribution in [0.1, 0.15) is 19.3 Å². The Balaban J connectivity index is 1.91. The molecule has 0 aliphatic carbocycles. The van der Waals surface area contributed by atoms with E-state index in [-0.39, 0.29) is 24.9 Å². The molecule has 98 valence electrons. The highest BCUT2D eigenvalue weighted by Gasteiger charge is 2.31. The van der Waals surface area contributed by atoms with Crippen LogP contribution in [0.25, 0.3) is 0 Å². The first kappa shape index (κ1) is 12.8. The lowest BCUT2D eigenvalue weighted by Crippen LogP contribution is -2.43. The molecular weight excluding hydrogens is 254 g/mol. The molecule has 1 aromatic rings. The van der Waals surface area contributed by atoms with Gasteiger partial charge in [-0.1, -0.05) is 0 Å². The number of carbonyl (C=O) groups is 2. The van der Waals surface area contributed by atoms with Crippen LogP contribution in [0.2, 0.25) is 0 Å². The summed E-state index contributed by atoms with van der Waals surface area (Å²) >= 11 is 1.51. The summed E-state index contributed by atoms with van der Waals surface area (Å²) in [5, 5.41) is 13.9. The van der Waals surface area contributed by atoms with Crippen LogP contribution in [0.5, 0.6) is 0 Å². The first-order valence-electron chi connectivity index (χ1n) is 5.84. The highest BCUT2D eigenvalue weighted by atomic mass is 32.1. The number of rotatable bonds is 5. The number of carboxylic acids is 1. The van der Waals surface area contributed by atoms with Crippen molar-refractivity contribution in [3.63, 3.8) is 0 Å². The normalized spacial score (nSPS) is 18.9. The van der Waals surface area contributed by atoms with E-state index in [4.69, 9.17) is 5.11 Å². The predicted molar refractivity (Wildman–Crippen MR) is 67.7 cm³/mol. The summed E-state index contributed by atoms with van der Waals surface area (Å²) in [6.07, 6.45) is 3.42. The fourth-order valence-electron chi connectivity index (χ4n) is 2.04. The molecule has 0 bridgehead atoms. The molecule has 0 spiro atoms. The van der Waals surface area contributed by atoms with Gasteiger partial charge in [-0.2, -0.15) is 0 Å². The Morgan fingerprint density at radius 3 is 3.11 bits per heavy atom. The van der Waals surface area contributed by atoms with E-state index in [1.807, 2.05) is 10.3 Å². The molecule has 1 unspecified atom stereocenters. The number of carboxylic acid groups (broad SMARTS) is 1. The third kappa shape index (κ3) is 2.98. The van der Waals surface area contributed by atoms with Crippen molar-refractivity contribution in [1.29, 1.82) is 0 Å². The first-order valence-corrected chi connectivity index (χ1v) is 6.72. The van der Waals surface area contributed by atoms with Crippen molar-refractivity contribution in [2.45, 2.75) is 25.3 Å². The number of aromatic nitrogens is 1. The van der Waals surface area contributed by atoms with E-state index in [2.05, 4.69) is 10.3 Å². The number of anilines is 1. The largest absolute Gasteiger partial charge is 0.481 e. The van der Waals surface area contributed by atoms with E-state index in [1.54, 1.807) is 6.20 Å². The van der Waals surface area contributed by atoms with Crippen molar-refractivity contribution in [1.82, 2.24) is 10.3 Å². The van der Waals surface area contributed by atoms with Crippen LogP contribution in [0.4, 0.5) is 5.13 Å². The van der Waals surface area contributed by atoms with E-state index >= 15 is 0 Å². The zero-order valence-electron chi connectivity index (χ0n) is 9.83. The summed E-state index contributed by atoms with van der Waals surface area (Å²) in [7, 11) is 0. The molecule has 1 aliphatic heterocycles. The van der Waals surface area contributed by atoms with Gasteiger partial charge in [0.1, 0.15) is 6.04 Å². The van der Waals surface area contributed by atoms with E-state index < -0.39 is 5.97 Å². The molecule has 0 aromatic carbocycles. The fourth-order valence-corrected chi connectivity index (χ4v) is 2.76. The molecule has 7 heteroatoms. The second kappa shape index (κ2) is 5.81. The van der Waals surface area contributed by atoms with Gasteiger partial charge in [-0.05, 0) is 12.8 Å². The van der Waals surface area contributed by atoms with Gasteiger partial charge < -0.3 is 15.3 Å². The van der Waals surface area contributed by atoms with Gasteiger partial charge in [-0.25, -0.2) is 4.98 Å². The summed E-state index contributed by atoms with van der Waals surface area (Å²) in [6, 6.07) is -0.218. The molecule has 0 saturated carbocycles. The summed E-state index contributed by atoms with van der Waals surface area (Å²) in [5.74, 6) is -1.01. The molecule has 18 heavy (non-hydrogen) atoms. The van der Waals surface area contributed by atoms with E-state index in [0.29, 0.717) is 0 Å². The van der Waals surface area contributed by atoms with E-state index in [1.165, 1.54) is 11.3 Å². The molecule has 0 radical (unpaired) electrons. The van der Waals surface area contributed by atoms with Gasteiger partial charge in [-0.15, -0.1) is 11.3 Å². The van der Waals surface area contributed by atoms with Gasteiger partial charge in [-0.3, -0.25) is 9.59 Å². The Bertz CT molecular complexity index is 421. The van der Waals surface area contributed by atoms with Gasteiger partial charge >= 0.3 is 5.97 Å². The van der Waals surface area contributed by atoms with Crippen molar-refractivity contribution in [2.75, 3.05) is 18.0 Å². The number of aliphatic carboxylic acids is 1. The Labute approximate surface area is 109 Å². The zero-order chi connectivity index (χ0) is 13.0. The van der Waals surface area contributed by atoms with Crippen molar-refractivity contribution >= 4 is 28.3 Å². The third-order valence-corrected chi connectivity index (χ3v) is 3.67. The number of nitrogens with one attached hydrogen (secondary N) is 1. The van der Waals surface area contributed by atoms with Crippen molar-refractivity contribution in [2.24, 2.45) is 0 Å². The molecule has 1 fully saturated rings. The summed E-state index contributed by atoms with van der Waals surface area (Å²) < 4.78 is 0. The molecule has 1 aromatic heterocycles. The topological polar surface area (TPSA) is 82.5 Å². The van der Waals surface area contributed by atoms with E-state index in [9.17, 15) is 9.59 Å². The van der Waals surface area contributed by atoms with Crippen LogP contribution in [0.15, 0.2) is 11.6 Å².